The topological polar surface area (TPSA) is 64.1 Å². The van der Waals surface area contributed by atoms with Gasteiger partial charge in [-0.3, -0.25) is 10.1 Å². The van der Waals surface area contributed by atoms with Crippen molar-refractivity contribution in [3.8, 4) is 11.3 Å². The first-order chi connectivity index (χ1) is 12.5. The van der Waals surface area contributed by atoms with Gasteiger partial charge in [0.1, 0.15) is 5.60 Å². The van der Waals surface area contributed by atoms with Crippen LogP contribution in [0.2, 0.25) is 0 Å². The van der Waals surface area contributed by atoms with E-state index in [1.165, 1.54) is 7.11 Å². The van der Waals surface area contributed by atoms with Crippen molar-refractivity contribution in [1.29, 1.82) is 0 Å². The van der Waals surface area contributed by atoms with Crippen LogP contribution < -0.4 is 5.32 Å². The Morgan fingerprint density at radius 3 is 2.54 bits per heavy atom. The summed E-state index contributed by atoms with van der Waals surface area (Å²) in [5, 5.41) is 2.68. The van der Waals surface area contributed by atoms with Gasteiger partial charge in [0.25, 0.3) is 5.91 Å². The zero-order chi connectivity index (χ0) is 18.6. The summed E-state index contributed by atoms with van der Waals surface area (Å²) in [5.74, 6) is -0.898. The van der Waals surface area contributed by atoms with Gasteiger partial charge in [0.2, 0.25) is 12.4 Å². The second-order valence-corrected chi connectivity index (χ2v) is 6.46. The van der Waals surface area contributed by atoms with Gasteiger partial charge in [0.15, 0.2) is 0 Å². The highest BCUT2D eigenvalue weighted by molar-refractivity contribution is 5.96. The molecule has 1 heterocycles. The minimum atomic E-state index is -2.36. The fourth-order valence-corrected chi connectivity index (χ4v) is 3.29. The maximum Gasteiger partial charge on any atom is 0.258 e. The van der Waals surface area contributed by atoms with E-state index in [1.54, 1.807) is 12.3 Å². The zero-order valence-electron chi connectivity index (χ0n) is 14.5. The van der Waals surface area contributed by atoms with Crippen LogP contribution in [0.4, 0.5) is 14.7 Å². The van der Waals surface area contributed by atoms with E-state index in [0.717, 1.165) is 5.56 Å². The predicted molar refractivity (Wildman–Crippen MR) is 93.8 cm³/mol. The summed E-state index contributed by atoms with van der Waals surface area (Å²) in [4.78, 5) is 21.2. The lowest BCUT2D eigenvalue weighted by Gasteiger charge is -2.37. The van der Waals surface area contributed by atoms with Crippen molar-refractivity contribution in [3.05, 3.63) is 42.6 Å². The lowest BCUT2D eigenvalue weighted by Crippen LogP contribution is -2.48. The minimum Gasteiger partial charge on any atom is -0.368 e. The van der Waals surface area contributed by atoms with E-state index in [9.17, 15) is 13.6 Å². The molecule has 0 saturated heterocycles. The Kier molecular flexibility index (Phi) is 5.56. The maximum absolute atomic E-state index is 12.9. The number of hydrogen-bond donors (Lipinski definition) is 1. The number of aromatic nitrogens is 2. The summed E-state index contributed by atoms with van der Waals surface area (Å²) >= 11 is 0. The number of alkyl halides is 2. The molecule has 1 amide bonds. The first kappa shape index (κ1) is 18.4. The van der Waals surface area contributed by atoms with Gasteiger partial charge in [-0.15, -0.1) is 0 Å². The molecule has 1 aromatic carbocycles. The molecule has 1 aliphatic carbocycles. The van der Waals surface area contributed by atoms with E-state index < -0.39 is 23.9 Å². The quantitative estimate of drug-likeness (QED) is 0.877. The highest BCUT2D eigenvalue weighted by Gasteiger charge is 2.44. The zero-order valence-corrected chi connectivity index (χ0v) is 14.5. The smallest absolute Gasteiger partial charge is 0.258 e. The summed E-state index contributed by atoms with van der Waals surface area (Å²) in [6, 6.07) is 11.3. The second kappa shape index (κ2) is 7.86. The highest BCUT2D eigenvalue weighted by Crippen LogP contribution is 2.37. The number of nitrogens with one attached hydrogen (secondary N) is 1. The third-order valence-electron chi connectivity index (χ3n) is 4.95. The molecule has 1 fully saturated rings. The number of carbonyl (C=O) groups excluding carboxylic acids is 1. The first-order valence-electron chi connectivity index (χ1n) is 8.57. The molecule has 0 unspecified atom stereocenters. The first-order valence-corrected chi connectivity index (χ1v) is 8.57. The number of methoxy groups -OCH3 is 1. The lowest BCUT2D eigenvalue weighted by molar-refractivity contribution is -0.144. The van der Waals surface area contributed by atoms with Crippen molar-refractivity contribution in [1.82, 2.24) is 9.97 Å². The van der Waals surface area contributed by atoms with Gasteiger partial charge < -0.3 is 4.74 Å². The molecule has 1 N–H and O–H groups in total. The van der Waals surface area contributed by atoms with Crippen LogP contribution in [0.15, 0.2) is 42.6 Å². The number of halogens is 2. The average Bonchev–Trinajstić information content (AvgIpc) is 2.68. The van der Waals surface area contributed by atoms with Crippen molar-refractivity contribution in [3.63, 3.8) is 0 Å². The van der Waals surface area contributed by atoms with Crippen molar-refractivity contribution in [2.45, 2.75) is 37.7 Å². The van der Waals surface area contributed by atoms with E-state index in [4.69, 9.17) is 4.74 Å². The maximum atomic E-state index is 12.9. The standard InChI is InChI=1S/C19H21F2N3O2/c1-26-19(10-7-14(8-11-19)16(20)21)17(25)24-18-22-12-9-15(23-18)13-5-3-2-4-6-13/h2-6,9,12,14,16H,7-8,10-11H2,1H3,(H,22,23,24,25). The Morgan fingerprint density at radius 2 is 1.92 bits per heavy atom. The van der Waals surface area contributed by atoms with Gasteiger partial charge >= 0.3 is 0 Å². The Balaban J connectivity index is 1.73. The Hall–Kier alpha value is -2.41. The van der Waals surface area contributed by atoms with Crippen molar-refractivity contribution in [2.75, 3.05) is 12.4 Å². The molecule has 1 saturated carbocycles. The SMILES string of the molecule is COC1(C(=O)Nc2nccc(-c3ccccc3)n2)CCC(C(F)F)CC1. The van der Waals surface area contributed by atoms with Crippen LogP contribution in [0.5, 0.6) is 0 Å². The molecule has 0 spiro atoms. The monoisotopic (exact) mass is 361 g/mol. The van der Waals surface area contributed by atoms with Gasteiger partial charge in [-0.2, -0.15) is 0 Å². The molecular formula is C19H21F2N3O2. The Bertz CT molecular complexity index is 747. The number of hydrogen-bond acceptors (Lipinski definition) is 4. The molecule has 0 radical (unpaired) electrons. The number of carbonyl (C=O) groups is 1. The van der Waals surface area contributed by atoms with E-state index in [0.29, 0.717) is 5.69 Å². The Morgan fingerprint density at radius 1 is 1.23 bits per heavy atom. The molecule has 7 heteroatoms. The summed E-state index contributed by atoms with van der Waals surface area (Å²) in [6.07, 6.45) is 0.218. The molecule has 0 atom stereocenters. The summed E-state index contributed by atoms with van der Waals surface area (Å²) in [7, 11) is 1.43. The third kappa shape index (κ3) is 3.88. The van der Waals surface area contributed by atoms with Crippen LogP contribution in [0.1, 0.15) is 25.7 Å². The van der Waals surface area contributed by atoms with Gasteiger partial charge in [-0.1, -0.05) is 30.3 Å². The molecule has 0 bridgehead atoms. The van der Waals surface area contributed by atoms with Gasteiger partial charge in [0, 0.05) is 24.8 Å². The number of amides is 1. The molecule has 138 valence electrons. The van der Waals surface area contributed by atoms with Crippen LogP contribution in [0, 0.1) is 5.92 Å². The Labute approximate surface area is 150 Å². The molecule has 2 aromatic rings. The van der Waals surface area contributed by atoms with Crippen molar-refractivity contribution in [2.24, 2.45) is 5.92 Å². The van der Waals surface area contributed by atoms with Crippen LogP contribution in [-0.2, 0) is 9.53 Å². The molecule has 26 heavy (non-hydrogen) atoms. The number of anilines is 1. The average molecular weight is 361 g/mol. The lowest BCUT2D eigenvalue weighted by atomic mass is 9.78. The number of rotatable bonds is 5. The van der Waals surface area contributed by atoms with Crippen LogP contribution in [-0.4, -0.2) is 35.0 Å². The molecule has 1 aromatic heterocycles. The van der Waals surface area contributed by atoms with Crippen LogP contribution >= 0.6 is 0 Å². The summed E-state index contributed by atoms with van der Waals surface area (Å²) in [5.41, 5.74) is 0.477. The molecule has 3 rings (SSSR count). The fourth-order valence-electron chi connectivity index (χ4n) is 3.29. The van der Waals surface area contributed by atoms with Crippen LogP contribution in [0.25, 0.3) is 11.3 Å². The van der Waals surface area contributed by atoms with Crippen LogP contribution in [0.3, 0.4) is 0 Å². The van der Waals surface area contributed by atoms with Gasteiger partial charge in [-0.25, -0.2) is 18.7 Å². The summed E-state index contributed by atoms with van der Waals surface area (Å²) in [6.45, 7) is 0. The third-order valence-corrected chi connectivity index (χ3v) is 4.95. The van der Waals surface area contributed by atoms with E-state index in [-0.39, 0.29) is 31.6 Å². The fraction of sp³-hybridized carbons (Fsp3) is 0.421. The van der Waals surface area contributed by atoms with Gasteiger partial charge in [0.05, 0.1) is 5.69 Å². The largest absolute Gasteiger partial charge is 0.368 e. The van der Waals surface area contributed by atoms with E-state index in [2.05, 4.69) is 15.3 Å². The van der Waals surface area contributed by atoms with E-state index in [1.807, 2.05) is 30.3 Å². The molecule has 0 aliphatic heterocycles. The second-order valence-electron chi connectivity index (χ2n) is 6.46. The number of nitrogens with zero attached hydrogens (tertiary/aromatic N) is 2. The van der Waals surface area contributed by atoms with Gasteiger partial charge in [-0.05, 0) is 31.7 Å². The summed E-state index contributed by atoms with van der Waals surface area (Å²) < 4.78 is 31.2. The minimum absolute atomic E-state index is 0.170. The highest BCUT2D eigenvalue weighted by atomic mass is 19.3. The number of ether oxygens (including phenoxy) is 1. The van der Waals surface area contributed by atoms with E-state index >= 15 is 0 Å². The normalized spacial score (nSPS) is 23.0. The molecular weight excluding hydrogens is 340 g/mol. The predicted octanol–water partition coefficient (Wildman–Crippen LogP) is 3.92. The number of benzene rings is 1. The van der Waals surface area contributed by atoms with Crippen molar-refractivity contribution < 1.29 is 18.3 Å². The van der Waals surface area contributed by atoms with Crippen molar-refractivity contribution >= 4 is 11.9 Å². The molecule has 1 aliphatic rings. The molecule has 5 nitrogen and oxygen atoms in total.